The summed E-state index contributed by atoms with van der Waals surface area (Å²) in [6.45, 7) is 1.59. The number of aliphatic hydroxyl groups excluding tert-OH is 1. The van der Waals surface area contributed by atoms with E-state index in [0.29, 0.717) is 11.3 Å². The minimum atomic E-state index is -0.740. The van der Waals surface area contributed by atoms with E-state index in [-0.39, 0.29) is 10.6 Å². The van der Waals surface area contributed by atoms with Gasteiger partial charge in [-0.3, -0.25) is 4.79 Å². The van der Waals surface area contributed by atoms with Crippen molar-refractivity contribution in [3.63, 3.8) is 0 Å². The van der Waals surface area contributed by atoms with Gasteiger partial charge in [0.2, 0.25) is 0 Å². The summed E-state index contributed by atoms with van der Waals surface area (Å²) in [4.78, 5) is 12.1. The molecule has 2 aromatic carbocycles. The lowest BCUT2D eigenvalue weighted by molar-refractivity contribution is 0.102. The molecule has 2 rings (SSSR count). The number of anilines is 1. The monoisotopic (exact) mass is 293 g/mol. The van der Waals surface area contributed by atoms with Crippen molar-refractivity contribution in [3.8, 4) is 0 Å². The molecule has 3 nitrogen and oxygen atoms in total. The van der Waals surface area contributed by atoms with E-state index >= 15 is 0 Å². The van der Waals surface area contributed by atoms with E-state index in [1.54, 1.807) is 31.2 Å². The van der Waals surface area contributed by atoms with Gasteiger partial charge in [0.25, 0.3) is 5.91 Å². The Kier molecular flexibility index (Phi) is 4.37. The Bertz CT molecular complexity index is 644. The molecule has 0 fully saturated rings. The molecule has 0 aliphatic rings. The number of carbonyl (C=O) groups excluding carboxylic acids is 1. The fourth-order valence-corrected chi connectivity index (χ4v) is 2.01. The van der Waals surface area contributed by atoms with Gasteiger partial charge in [0.05, 0.1) is 11.7 Å². The largest absolute Gasteiger partial charge is 0.389 e. The summed E-state index contributed by atoms with van der Waals surface area (Å²) in [7, 11) is 0. The number of hydrogen-bond acceptors (Lipinski definition) is 2. The molecule has 0 saturated carbocycles. The quantitative estimate of drug-likeness (QED) is 0.904. The maximum Gasteiger partial charge on any atom is 0.258 e. The Morgan fingerprint density at radius 1 is 1.30 bits per heavy atom. The number of amides is 1. The molecule has 1 atom stereocenters. The number of aliphatic hydroxyl groups is 1. The first kappa shape index (κ1) is 14.5. The topological polar surface area (TPSA) is 49.3 Å². The van der Waals surface area contributed by atoms with E-state index in [0.717, 1.165) is 6.07 Å². The molecular weight excluding hydrogens is 281 g/mol. The van der Waals surface area contributed by atoms with E-state index in [2.05, 4.69) is 5.32 Å². The third-order valence-corrected chi connectivity index (χ3v) is 3.07. The summed E-state index contributed by atoms with van der Waals surface area (Å²) in [5, 5.41) is 12.5. The van der Waals surface area contributed by atoms with Crippen LogP contribution in [0.15, 0.2) is 42.5 Å². The second-order valence-electron chi connectivity index (χ2n) is 4.34. The number of halogens is 2. The van der Waals surface area contributed by atoms with Crippen molar-refractivity contribution in [2.45, 2.75) is 13.0 Å². The van der Waals surface area contributed by atoms with Crippen LogP contribution in [0.3, 0.4) is 0 Å². The molecule has 0 aliphatic carbocycles. The molecule has 5 heteroatoms. The molecule has 2 aromatic rings. The van der Waals surface area contributed by atoms with Gasteiger partial charge >= 0.3 is 0 Å². The maximum atomic E-state index is 13.6. The van der Waals surface area contributed by atoms with Crippen LogP contribution in [-0.2, 0) is 0 Å². The molecule has 1 amide bonds. The van der Waals surface area contributed by atoms with Gasteiger partial charge in [-0.25, -0.2) is 4.39 Å². The minimum absolute atomic E-state index is 0.141. The normalized spacial score (nSPS) is 12.0. The van der Waals surface area contributed by atoms with Gasteiger partial charge < -0.3 is 10.4 Å². The summed E-state index contributed by atoms with van der Waals surface area (Å²) < 4.78 is 13.6. The van der Waals surface area contributed by atoms with Crippen molar-refractivity contribution in [1.82, 2.24) is 0 Å². The lowest BCUT2D eigenvalue weighted by Gasteiger charge is -2.13. The van der Waals surface area contributed by atoms with Crippen LogP contribution < -0.4 is 5.32 Å². The molecule has 2 N–H and O–H groups in total. The molecule has 1 unspecified atom stereocenters. The second kappa shape index (κ2) is 6.03. The predicted molar refractivity (Wildman–Crippen MR) is 76.4 cm³/mol. The highest BCUT2D eigenvalue weighted by atomic mass is 35.5. The molecule has 20 heavy (non-hydrogen) atoms. The van der Waals surface area contributed by atoms with Crippen molar-refractivity contribution >= 4 is 23.2 Å². The number of hydrogen-bond donors (Lipinski definition) is 2. The highest BCUT2D eigenvalue weighted by molar-refractivity contribution is 6.31. The van der Waals surface area contributed by atoms with E-state index in [1.165, 1.54) is 12.1 Å². The van der Waals surface area contributed by atoms with Crippen molar-refractivity contribution in [2.75, 3.05) is 5.32 Å². The van der Waals surface area contributed by atoms with Crippen LogP contribution in [0, 0.1) is 5.82 Å². The zero-order valence-corrected chi connectivity index (χ0v) is 11.5. The van der Waals surface area contributed by atoms with Crippen molar-refractivity contribution in [1.29, 1.82) is 0 Å². The highest BCUT2D eigenvalue weighted by Crippen LogP contribution is 2.23. The SMILES string of the molecule is CC(O)c1ccccc1NC(=O)c1cc(Cl)ccc1F. The average Bonchev–Trinajstić information content (AvgIpc) is 2.41. The van der Waals surface area contributed by atoms with Crippen LogP contribution >= 0.6 is 11.6 Å². The molecule has 0 aliphatic heterocycles. The molecule has 104 valence electrons. The highest BCUT2D eigenvalue weighted by Gasteiger charge is 2.15. The Balaban J connectivity index is 2.31. The van der Waals surface area contributed by atoms with E-state index in [4.69, 9.17) is 11.6 Å². The molecule has 0 radical (unpaired) electrons. The van der Waals surface area contributed by atoms with E-state index in [1.807, 2.05) is 0 Å². The molecule has 0 aromatic heterocycles. The van der Waals surface area contributed by atoms with Crippen LogP contribution in [0.2, 0.25) is 5.02 Å². The zero-order chi connectivity index (χ0) is 14.7. The Morgan fingerprint density at radius 3 is 2.70 bits per heavy atom. The smallest absolute Gasteiger partial charge is 0.258 e. The van der Waals surface area contributed by atoms with Crippen molar-refractivity contribution in [3.05, 3.63) is 64.4 Å². The Morgan fingerprint density at radius 2 is 2.00 bits per heavy atom. The van der Waals surface area contributed by atoms with Crippen LogP contribution in [0.25, 0.3) is 0 Å². The van der Waals surface area contributed by atoms with Crippen LogP contribution in [0.1, 0.15) is 28.9 Å². The number of para-hydroxylation sites is 1. The van der Waals surface area contributed by atoms with Crippen LogP contribution in [-0.4, -0.2) is 11.0 Å². The fourth-order valence-electron chi connectivity index (χ4n) is 1.84. The number of rotatable bonds is 3. The molecule has 0 saturated heterocycles. The van der Waals surface area contributed by atoms with E-state index < -0.39 is 17.8 Å². The minimum Gasteiger partial charge on any atom is -0.389 e. The standard InChI is InChI=1S/C15H13ClFNO2/c1-9(19)11-4-2-3-5-14(11)18-15(20)12-8-10(16)6-7-13(12)17/h2-9,19H,1H3,(H,18,20). The van der Waals surface area contributed by atoms with Gasteiger partial charge in [0.1, 0.15) is 5.82 Å². The zero-order valence-electron chi connectivity index (χ0n) is 10.7. The summed E-state index contributed by atoms with van der Waals surface area (Å²) in [6, 6.07) is 10.6. The van der Waals surface area contributed by atoms with Gasteiger partial charge in [-0.05, 0) is 31.2 Å². The molecule has 0 spiro atoms. The van der Waals surface area contributed by atoms with Gasteiger partial charge in [-0.1, -0.05) is 29.8 Å². The lowest BCUT2D eigenvalue weighted by atomic mass is 10.1. The molecule has 0 bridgehead atoms. The second-order valence-corrected chi connectivity index (χ2v) is 4.78. The van der Waals surface area contributed by atoms with Gasteiger partial charge in [0.15, 0.2) is 0 Å². The average molecular weight is 294 g/mol. The van der Waals surface area contributed by atoms with Gasteiger partial charge in [-0.15, -0.1) is 0 Å². The van der Waals surface area contributed by atoms with Crippen LogP contribution in [0.4, 0.5) is 10.1 Å². The van der Waals surface area contributed by atoms with E-state index in [9.17, 15) is 14.3 Å². The first-order chi connectivity index (χ1) is 9.49. The third kappa shape index (κ3) is 3.15. The summed E-state index contributed by atoms with van der Waals surface area (Å²) >= 11 is 5.76. The summed E-state index contributed by atoms with van der Waals surface area (Å²) in [6.07, 6.45) is -0.740. The first-order valence-electron chi connectivity index (χ1n) is 6.02. The van der Waals surface area contributed by atoms with Crippen LogP contribution in [0.5, 0.6) is 0 Å². The number of carbonyl (C=O) groups is 1. The van der Waals surface area contributed by atoms with Gasteiger partial charge in [-0.2, -0.15) is 0 Å². The molecular formula is C15H13ClFNO2. The fraction of sp³-hybridized carbons (Fsp3) is 0.133. The van der Waals surface area contributed by atoms with Gasteiger partial charge in [0, 0.05) is 16.3 Å². The Labute approximate surface area is 121 Å². The molecule has 0 heterocycles. The summed E-state index contributed by atoms with van der Waals surface area (Å²) in [5.74, 6) is -1.26. The van der Waals surface area contributed by atoms with Crippen molar-refractivity contribution < 1.29 is 14.3 Å². The Hall–Kier alpha value is -1.91. The first-order valence-corrected chi connectivity index (χ1v) is 6.40. The lowest BCUT2D eigenvalue weighted by Crippen LogP contribution is -2.15. The summed E-state index contributed by atoms with van der Waals surface area (Å²) in [5.41, 5.74) is 0.855. The third-order valence-electron chi connectivity index (χ3n) is 2.83. The van der Waals surface area contributed by atoms with Crippen molar-refractivity contribution in [2.24, 2.45) is 0 Å². The number of benzene rings is 2. The maximum absolute atomic E-state index is 13.6. The number of nitrogens with one attached hydrogen (secondary N) is 1. The predicted octanol–water partition coefficient (Wildman–Crippen LogP) is 3.78.